The van der Waals surface area contributed by atoms with Gasteiger partial charge in [0.05, 0.1) is 6.54 Å². The highest BCUT2D eigenvalue weighted by Gasteiger charge is 2.25. The van der Waals surface area contributed by atoms with Gasteiger partial charge in [0.2, 0.25) is 11.8 Å². The molecule has 1 saturated heterocycles. The summed E-state index contributed by atoms with van der Waals surface area (Å²) in [6.07, 6.45) is 0. The summed E-state index contributed by atoms with van der Waals surface area (Å²) in [6, 6.07) is 1.03. The first kappa shape index (κ1) is 13.5. The van der Waals surface area contributed by atoms with E-state index in [4.69, 9.17) is 4.42 Å². The van der Waals surface area contributed by atoms with E-state index in [1.54, 1.807) is 0 Å². The van der Waals surface area contributed by atoms with Crippen LogP contribution < -0.4 is 5.32 Å². The van der Waals surface area contributed by atoms with Crippen molar-refractivity contribution in [2.24, 2.45) is 0 Å². The third-order valence-electron chi connectivity index (χ3n) is 3.10. The first-order chi connectivity index (χ1) is 8.34. The molecule has 2 rings (SSSR count). The predicted octanol–water partition coefficient (Wildman–Crippen LogP) is 1.55. The Bertz CT molecular complexity index is 386. The Morgan fingerprint density at radius 1 is 1.22 bits per heavy atom. The van der Waals surface area contributed by atoms with Crippen molar-refractivity contribution >= 4 is 0 Å². The molecule has 0 spiro atoms. The van der Waals surface area contributed by atoms with Crippen molar-refractivity contribution in [1.82, 2.24) is 20.4 Å². The van der Waals surface area contributed by atoms with E-state index in [9.17, 15) is 0 Å². The number of nitrogens with zero attached hydrogens (tertiary/aromatic N) is 3. The highest BCUT2D eigenvalue weighted by molar-refractivity contribution is 4.96. The van der Waals surface area contributed by atoms with E-state index in [1.807, 2.05) is 0 Å². The Hall–Kier alpha value is -0.940. The van der Waals surface area contributed by atoms with Crippen LogP contribution in [0.3, 0.4) is 0 Å². The zero-order valence-electron chi connectivity index (χ0n) is 12.0. The molecule has 1 N–H and O–H groups in total. The molecule has 5 heteroatoms. The zero-order valence-corrected chi connectivity index (χ0v) is 12.0. The van der Waals surface area contributed by atoms with E-state index in [0.29, 0.717) is 18.0 Å². The van der Waals surface area contributed by atoms with Gasteiger partial charge in [0, 0.05) is 30.6 Å². The Balaban J connectivity index is 1.99. The molecular weight excluding hydrogens is 228 g/mol. The van der Waals surface area contributed by atoms with Crippen molar-refractivity contribution in [2.75, 3.05) is 13.1 Å². The molecule has 1 aliphatic rings. The van der Waals surface area contributed by atoms with Gasteiger partial charge in [-0.15, -0.1) is 10.2 Å². The summed E-state index contributed by atoms with van der Waals surface area (Å²) in [5.41, 5.74) is -0.0741. The van der Waals surface area contributed by atoms with Crippen LogP contribution in [0.5, 0.6) is 0 Å². The number of nitrogens with one attached hydrogen (secondary N) is 1. The molecule has 1 aromatic rings. The molecule has 5 nitrogen and oxygen atoms in total. The summed E-state index contributed by atoms with van der Waals surface area (Å²) in [7, 11) is 0. The fraction of sp³-hybridized carbons (Fsp3) is 0.846. The second-order valence-corrected chi connectivity index (χ2v) is 6.41. The largest absolute Gasteiger partial charge is 0.423 e. The standard InChI is InChI=1S/C13H24N4O/c1-9-6-17(7-10(2)14-9)8-11-15-16-12(18-11)13(3,4)5/h9-10,14H,6-8H2,1-5H3. The van der Waals surface area contributed by atoms with Gasteiger partial charge in [-0.1, -0.05) is 20.8 Å². The van der Waals surface area contributed by atoms with Crippen molar-refractivity contribution in [1.29, 1.82) is 0 Å². The van der Waals surface area contributed by atoms with Crippen molar-refractivity contribution in [2.45, 2.75) is 58.7 Å². The van der Waals surface area contributed by atoms with E-state index < -0.39 is 0 Å². The number of hydrogen-bond donors (Lipinski definition) is 1. The van der Waals surface area contributed by atoms with Gasteiger partial charge in [-0.05, 0) is 13.8 Å². The van der Waals surface area contributed by atoms with E-state index in [-0.39, 0.29) is 5.41 Å². The van der Waals surface area contributed by atoms with Crippen molar-refractivity contribution in [3.63, 3.8) is 0 Å². The highest BCUT2D eigenvalue weighted by atomic mass is 16.4. The molecule has 2 heterocycles. The van der Waals surface area contributed by atoms with Crippen LogP contribution >= 0.6 is 0 Å². The normalized spacial score (nSPS) is 26.5. The Labute approximate surface area is 109 Å². The monoisotopic (exact) mass is 252 g/mol. The van der Waals surface area contributed by atoms with E-state index in [1.165, 1.54) is 0 Å². The van der Waals surface area contributed by atoms with Crippen LogP contribution in [0.1, 0.15) is 46.4 Å². The molecule has 1 aliphatic heterocycles. The third-order valence-corrected chi connectivity index (χ3v) is 3.10. The van der Waals surface area contributed by atoms with Gasteiger partial charge in [-0.2, -0.15) is 0 Å². The van der Waals surface area contributed by atoms with Crippen LogP contribution in [0.15, 0.2) is 4.42 Å². The molecule has 0 aromatic carbocycles. The van der Waals surface area contributed by atoms with Crippen LogP contribution in [-0.2, 0) is 12.0 Å². The van der Waals surface area contributed by atoms with E-state index in [2.05, 4.69) is 55.0 Å². The highest BCUT2D eigenvalue weighted by Crippen LogP contribution is 2.21. The summed E-state index contributed by atoms with van der Waals surface area (Å²) >= 11 is 0. The SMILES string of the molecule is CC1CN(Cc2nnc(C(C)(C)C)o2)CC(C)N1. The molecule has 2 unspecified atom stereocenters. The zero-order chi connectivity index (χ0) is 13.3. The first-order valence-electron chi connectivity index (χ1n) is 6.66. The summed E-state index contributed by atoms with van der Waals surface area (Å²) < 4.78 is 5.74. The molecule has 0 aliphatic carbocycles. The molecule has 18 heavy (non-hydrogen) atoms. The van der Waals surface area contributed by atoms with Crippen molar-refractivity contribution < 1.29 is 4.42 Å². The van der Waals surface area contributed by atoms with Crippen molar-refractivity contribution in [3.05, 3.63) is 11.8 Å². The van der Waals surface area contributed by atoms with Gasteiger partial charge in [0.1, 0.15) is 0 Å². The molecule has 1 aromatic heterocycles. The average molecular weight is 252 g/mol. The maximum atomic E-state index is 5.74. The van der Waals surface area contributed by atoms with Crippen LogP contribution in [0.2, 0.25) is 0 Å². The van der Waals surface area contributed by atoms with Gasteiger partial charge >= 0.3 is 0 Å². The van der Waals surface area contributed by atoms with Gasteiger partial charge in [0.25, 0.3) is 0 Å². The first-order valence-corrected chi connectivity index (χ1v) is 6.66. The molecule has 1 fully saturated rings. The molecule has 0 saturated carbocycles. The predicted molar refractivity (Wildman–Crippen MR) is 70.3 cm³/mol. The smallest absolute Gasteiger partial charge is 0.230 e. The lowest BCUT2D eigenvalue weighted by Crippen LogP contribution is -2.53. The third kappa shape index (κ3) is 3.29. The average Bonchev–Trinajstić information content (AvgIpc) is 2.63. The lowest BCUT2D eigenvalue weighted by molar-refractivity contribution is 0.152. The fourth-order valence-electron chi connectivity index (χ4n) is 2.38. The van der Waals surface area contributed by atoms with Crippen LogP contribution in [0.25, 0.3) is 0 Å². The summed E-state index contributed by atoms with van der Waals surface area (Å²) in [4.78, 5) is 2.37. The minimum atomic E-state index is -0.0741. The maximum absolute atomic E-state index is 5.74. The van der Waals surface area contributed by atoms with Crippen molar-refractivity contribution in [3.8, 4) is 0 Å². The van der Waals surface area contributed by atoms with Gasteiger partial charge < -0.3 is 9.73 Å². The van der Waals surface area contributed by atoms with E-state index >= 15 is 0 Å². The number of rotatable bonds is 2. The lowest BCUT2D eigenvalue weighted by Gasteiger charge is -2.35. The summed E-state index contributed by atoms with van der Waals surface area (Å²) in [6.45, 7) is 13.5. The van der Waals surface area contributed by atoms with Gasteiger partial charge in [-0.3, -0.25) is 4.90 Å². The minimum Gasteiger partial charge on any atom is -0.423 e. The second kappa shape index (κ2) is 4.97. The van der Waals surface area contributed by atoms with Gasteiger partial charge in [-0.25, -0.2) is 0 Å². The van der Waals surface area contributed by atoms with E-state index in [0.717, 1.165) is 25.5 Å². The maximum Gasteiger partial charge on any atom is 0.230 e. The molecule has 0 bridgehead atoms. The molecule has 2 atom stereocenters. The van der Waals surface area contributed by atoms with Crippen LogP contribution in [0.4, 0.5) is 0 Å². The second-order valence-electron chi connectivity index (χ2n) is 6.41. The van der Waals surface area contributed by atoms with Gasteiger partial charge in [0.15, 0.2) is 0 Å². The minimum absolute atomic E-state index is 0.0741. The fourth-order valence-corrected chi connectivity index (χ4v) is 2.38. The summed E-state index contributed by atoms with van der Waals surface area (Å²) in [5.74, 6) is 1.44. The lowest BCUT2D eigenvalue weighted by atomic mass is 9.97. The number of hydrogen-bond acceptors (Lipinski definition) is 5. The quantitative estimate of drug-likeness (QED) is 0.865. The van der Waals surface area contributed by atoms with Crippen LogP contribution in [-0.4, -0.2) is 40.3 Å². The Morgan fingerprint density at radius 2 is 1.83 bits per heavy atom. The number of piperazine rings is 1. The summed E-state index contributed by atoms with van der Waals surface area (Å²) in [5, 5.41) is 11.8. The number of aromatic nitrogens is 2. The molecular formula is C13H24N4O. The molecule has 0 amide bonds. The Kier molecular flexibility index (Phi) is 3.73. The molecule has 0 radical (unpaired) electrons. The topological polar surface area (TPSA) is 54.2 Å². The molecule has 102 valence electrons. The van der Waals surface area contributed by atoms with Crippen LogP contribution in [0, 0.1) is 0 Å². The Morgan fingerprint density at radius 3 is 2.33 bits per heavy atom.